The van der Waals surface area contributed by atoms with Crippen LogP contribution in [0.25, 0.3) is 11.0 Å². The molecule has 186 valence electrons. The van der Waals surface area contributed by atoms with Gasteiger partial charge in [-0.3, -0.25) is 4.79 Å². The second-order valence-corrected chi connectivity index (χ2v) is 9.15. The first-order valence-electron chi connectivity index (χ1n) is 11.8. The summed E-state index contributed by atoms with van der Waals surface area (Å²) in [5.41, 5.74) is 3.08. The molecule has 8 nitrogen and oxygen atoms in total. The lowest BCUT2D eigenvalue weighted by atomic mass is 10.0. The Labute approximate surface area is 209 Å². The molecule has 9 heteroatoms. The summed E-state index contributed by atoms with van der Waals surface area (Å²) in [6.07, 6.45) is 1.82. The topological polar surface area (TPSA) is 82.9 Å². The lowest BCUT2D eigenvalue weighted by Crippen LogP contribution is -2.32. The molecule has 0 aliphatic carbocycles. The smallest absolute Gasteiger partial charge is 0.338 e. The number of likely N-dealkylation sites (tertiary alicyclic amines) is 1. The SMILES string of the molecule is CCOC(=O)c1ccc2c(c1)nc(SCC(=O)N1CCC[C@H]1c1cc(OC)ccc1OC)n2CC. The van der Waals surface area contributed by atoms with E-state index < -0.39 is 0 Å². The van der Waals surface area contributed by atoms with E-state index >= 15 is 0 Å². The molecule has 0 unspecified atom stereocenters. The minimum absolute atomic E-state index is 0.0507. The van der Waals surface area contributed by atoms with E-state index in [0.717, 1.165) is 40.6 Å². The van der Waals surface area contributed by atoms with Crippen molar-refractivity contribution in [3.05, 3.63) is 47.5 Å². The Morgan fingerprint density at radius 1 is 1.11 bits per heavy atom. The maximum absolute atomic E-state index is 13.3. The molecule has 1 saturated heterocycles. The van der Waals surface area contributed by atoms with Crippen LogP contribution >= 0.6 is 11.8 Å². The fourth-order valence-electron chi connectivity index (χ4n) is 4.56. The number of methoxy groups -OCH3 is 2. The molecule has 1 atom stereocenters. The van der Waals surface area contributed by atoms with Crippen molar-refractivity contribution in [2.24, 2.45) is 0 Å². The second-order valence-electron chi connectivity index (χ2n) is 8.20. The Hall–Kier alpha value is -3.20. The third-order valence-electron chi connectivity index (χ3n) is 6.23. The van der Waals surface area contributed by atoms with Crippen molar-refractivity contribution in [1.29, 1.82) is 0 Å². The van der Waals surface area contributed by atoms with Crippen molar-refractivity contribution in [2.75, 3.05) is 33.1 Å². The number of ether oxygens (including phenoxy) is 3. The molecule has 1 aliphatic heterocycles. The highest BCUT2D eigenvalue weighted by molar-refractivity contribution is 7.99. The van der Waals surface area contributed by atoms with E-state index in [9.17, 15) is 9.59 Å². The monoisotopic (exact) mass is 497 g/mol. The lowest BCUT2D eigenvalue weighted by molar-refractivity contribution is -0.129. The summed E-state index contributed by atoms with van der Waals surface area (Å²) in [7, 11) is 3.28. The third-order valence-corrected chi connectivity index (χ3v) is 7.20. The summed E-state index contributed by atoms with van der Waals surface area (Å²) in [4.78, 5) is 32.1. The van der Waals surface area contributed by atoms with Gasteiger partial charge in [-0.2, -0.15) is 0 Å². The number of hydrogen-bond donors (Lipinski definition) is 0. The number of thioether (sulfide) groups is 1. The summed E-state index contributed by atoms with van der Waals surface area (Å²) in [6, 6.07) is 11.0. The van der Waals surface area contributed by atoms with Crippen LogP contribution in [0, 0.1) is 0 Å². The molecule has 4 rings (SSSR count). The molecular formula is C26H31N3O5S. The number of aryl methyl sites for hydroxylation is 1. The van der Waals surface area contributed by atoms with E-state index in [1.807, 2.05) is 36.1 Å². The van der Waals surface area contributed by atoms with Gasteiger partial charge in [0, 0.05) is 18.7 Å². The van der Waals surface area contributed by atoms with Gasteiger partial charge in [-0.1, -0.05) is 11.8 Å². The van der Waals surface area contributed by atoms with E-state index in [1.165, 1.54) is 11.8 Å². The zero-order valence-corrected chi connectivity index (χ0v) is 21.4. The first kappa shape index (κ1) is 24.9. The third kappa shape index (κ3) is 5.10. The summed E-state index contributed by atoms with van der Waals surface area (Å²) in [6.45, 7) is 5.56. The average molecular weight is 498 g/mol. The van der Waals surface area contributed by atoms with Crippen LogP contribution in [0.4, 0.5) is 0 Å². The van der Waals surface area contributed by atoms with Crippen molar-refractivity contribution in [1.82, 2.24) is 14.5 Å². The fraction of sp³-hybridized carbons (Fsp3) is 0.423. The molecule has 1 fully saturated rings. The lowest BCUT2D eigenvalue weighted by Gasteiger charge is -2.26. The number of aromatic nitrogens is 2. The predicted octanol–water partition coefficient (Wildman–Crippen LogP) is 4.71. The molecule has 3 aromatic rings. The summed E-state index contributed by atoms with van der Waals surface area (Å²) in [5.74, 6) is 1.47. The average Bonchev–Trinajstić information content (AvgIpc) is 3.51. The number of fused-ring (bicyclic) bond motifs is 1. The molecule has 35 heavy (non-hydrogen) atoms. The number of hydrogen-bond acceptors (Lipinski definition) is 7. The van der Waals surface area contributed by atoms with Crippen LogP contribution in [0.15, 0.2) is 41.6 Å². The number of benzene rings is 2. The molecule has 2 aromatic carbocycles. The van der Waals surface area contributed by atoms with Crippen LogP contribution in [0.1, 0.15) is 48.7 Å². The van der Waals surface area contributed by atoms with Gasteiger partial charge in [0.05, 0.1) is 49.2 Å². The van der Waals surface area contributed by atoms with E-state index in [2.05, 4.69) is 4.57 Å². The van der Waals surface area contributed by atoms with Gasteiger partial charge in [-0.05, 0) is 63.1 Å². The Bertz CT molecular complexity index is 1230. The van der Waals surface area contributed by atoms with Crippen molar-refractivity contribution < 1.29 is 23.8 Å². The second kappa shape index (κ2) is 11.0. The van der Waals surface area contributed by atoms with Gasteiger partial charge in [-0.25, -0.2) is 9.78 Å². The molecule has 0 saturated carbocycles. The van der Waals surface area contributed by atoms with Gasteiger partial charge in [0.2, 0.25) is 5.91 Å². The first-order chi connectivity index (χ1) is 17.0. The number of carbonyl (C=O) groups excluding carboxylic acids is 2. The maximum atomic E-state index is 13.3. The molecule has 0 bridgehead atoms. The number of rotatable bonds is 9. The summed E-state index contributed by atoms with van der Waals surface area (Å²) in [5, 5.41) is 0.756. The zero-order chi connectivity index (χ0) is 24.9. The van der Waals surface area contributed by atoms with Gasteiger partial charge in [0.15, 0.2) is 5.16 Å². The standard InChI is InChI=1S/C26H31N3O5S/c1-5-28-22-11-9-17(25(31)34-6-2)14-20(22)27-26(28)35-16-24(30)29-13-7-8-21(29)19-15-18(32-3)10-12-23(19)33-4/h9-12,14-15,21H,5-8,13,16H2,1-4H3/t21-/m0/s1. The number of carbonyl (C=O) groups is 2. The van der Waals surface area contributed by atoms with Crippen molar-refractivity contribution >= 4 is 34.7 Å². The Morgan fingerprint density at radius 3 is 2.66 bits per heavy atom. The van der Waals surface area contributed by atoms with Crippen LogP contribution < -0.4 is 9.47 Å². The fourth-order valence-corrected chi connectivity index (χ4v) is 5.53. The summed E-state index contributed by atoms with van der Waals surface area (Å²) < 4.78 is 18.2. The largest absolute Gasteiger partial charge is 0.497 e. The van der Waals surface area contributed by atoms with Gasteiger partial charge in [0.1, 0.15) is 11.5 Å². The van der Waals surface area contributed by atoms with Crippen molar-refractivity contribution in [3.8, 4) is 11.5 Å². The molecule has 0 N–H and O–H groups in total. The van der Waals surface area contributed by atoms with Gasteiger partial charge >= 0.3 is 5.97 Å². The maximum Gasteiger partial charge on any atom is 0.338 e. The molecule has 0 radical (unpaired) electrons. The quantitative estimate of drug-likeness (QED) is 0.313. The van der Waals surface area contributed by atoms with E-state index in [-0.39, 0.29) is 23.7 Å². The van der Waals surface area contributed by atoms with Crippen LogP contribution in [-0.4, -0.2) is 59.5 Å². The number of nitrogens with zero attached hydrogens (tertiary/aromatic N) is 3. The Kier molecular flexibility index (Phi) is 7.85. The first-order valence-corrected chi connectivity index (χ1v) is 12.8. The van der Waals surface area contributed by atoms with Crippen molar-refractivity contribution in [3.63, 3.8) is 0 Å². The predicted molar refractivity (Wildman–Crippen MR) is 135 cm³/mol. The number of amides is 1. The minimum Gasteiger partial charge on any atom is -0.497 e. The van der Waals surface area contributed by atoms with Crippen LogP contribution in [0.3, 0.4) is 0 Å². The van der Waals surface area contributed by atoms with Gasteiger partial charge in [-0.15, -0.1) is 0 Å². The molecule has 1 aromatic heterocycles. The zero-order valence-electron chi connectivity index (χ0n) is 20.6. The molecule has 1 amide bonds. The molecule has 2 heterocycles. The van der Waals surface area contributed by atoms with Gasteiger partial charge < -0.3 is 23.7 Å². The van der Waals surface area contributed by atoms with E-state index in [1.54, 1.807) is 33.3 Å². The van der Waals surface area contributed by atoms with Crippen LogP contribution in [-0.2, 0) is 16.1 Å². The normalized spacial score (nSPS) is 15.4. The number of imidazole rings is 1. The van der Waals surface area contributed by atoms with Crippen LogP contribution in [0.5, 0.6) is 11.5 Å². The van der Waals surface area contributed by atoms with Crippen LogP contribution in [0.2, 0.25) is 0 Å². The van der Waals surface area contributed by atoms with E-state index in [4.69, 9.17) is 19.2 Å². The Morgan fingerprint density at radius 2 is 1.94 bits per heavy atom. The molecular weight excluding hydrogens is 466 g/mol. The summed E-state index contributed by atoms with van der Waals surface area (Å²) >= 11 is 1.42. The highest BCUT2D eigenvalue weighted by atomic mass is 32.2. The minimum atomic E-state index is -0.363. The van der Waals surface area contributed by atoms with Crippen molar-refractivity contribution in [2.45, 2.75) is 44.4 Å². The Balaban J connectivity index is 1.53. The molecule has 0 spiro atoms. The van der Waals surface area contributed by atoms with Gasteiger partial charge in [0.25, 0.3) is 0 Å². The highest BCUT2D eigenvalue weighted by Gasteiger charge is 2.32. The van der Waals surface area contributed by atoms with E-state index in [0.29, 0.717) is 30.8 Å². The number of esters is 1. The molecule has 1 aliphatic rings. The highest BCUT2D eigenvalue weighted by Crippen LogP contribution is 2.39.